The summed E-state index contributed by atoms with van der Waals surface area (Å²) >= 11 is 0. The molecule has 0 aliphatic heterocycles. The Hall–Kier alpha value is -2.08. The molecule has 1 unspecified atom stereocenters. The van der Waals surface area contributed by atoms with Crippen LogP contribution in [-0.4, -0.2) is 32.1 Å². The lowest BCUT2D eigenvalue weighted by atomic mass is 10.1. The molecule has 2 amide bonds. The maximum atomic E-state index is 11.2. The molecule has 0 fully saturated rings. The number of ether oxygens (including phenoxy) is 1. The molecule has 0 aliphatic carbocycles. The quantitative estimate of drug-likeness (QED) is 0.670. The Morgan fingerprint density at radius 2 is 1.74 bits per heavy atom. The Morgan fingerprint density at radius 3 is 2.16 bits per heavy atom. The Labute approximate surface area is 112 Å². The highest BCUT2D eigenvalue weighted by Gasteiger charge is 2.09. The van der Waals surface area contributed by atoms with Crippen molar-refractivity contribution < 1.29 is 14.3 Å². The van der Waals surface area contributed by atoms with Crippen LogP contribution in [-0.2, 0) is 4.74 Å². The van der Waals surface area contributed by atoms with Gasteiger partial charge in [0.15, 0.2) is 0 Å². The molecule has 1 atom stereocenters. The van der Waals surface area contributed by atoms with Crippen molar-refractivity contribution in [2.24, 2.45) is 17.4 Å². The number of nitrogens with two attached hydrogens (primary N) is 2. The third-order valence-corrected chi connectivity index (χ3v) is 2.61. The van der Waals surface area contributed by atoms with Gasteiger partial charge in [0.2, 0.25) is 11.8 Å². The summed E-state index contributed by atoms with van der Waals surface area (Å²) < 4.78 is 5.03. The SMILES string of the molecule is COCC(C)CNc1cc(C(N)=O)cc(C(N)=O)c1. The predicted octanol–water partition coefficient (Wildman–Crippen LogP) is 0.579. The van der Waals surface area contributed by atoms with E-state index in [1.807, 2.05) is 6.92 Å². The smallest absolute Gasteiger partial charge is 0.248 e. The van der Waals surface area contributed by atoms with Gasteiger partial charge in [0.05, 0.1) is 6.61 Å². The van der Waals surface area contributed by atoms with Crippen molar-refractivity contribution in [1.29, 1.82) is 0 Å². The number of primary amides is 2. The maximum Gasteiger partial charge on any atom is 0.248 e. The molecule has 1 aromatic carbocycles. The molecule has 0 aromatic heterocycles. The second-order valence-electron chi connectivity index (χ2n) is 4.47. The zero-order valence-electron chi connectivity index (χ0n) is 11.1. The minimum Gasteiger partial charge on any atom is -0.385 e. The van der Waals surface area contributed by atoms with Crippen LogP contribution in [0.1, 0.15) is 27.6 Å². The molecule has 1 rings (SSSR count). The normalized spacial score (nSPS) is 11.9. The Morgan fingerprint density at radius 1 is 1.21 bits per heavy atom. The van der Waals surface area contributed by atoms with Gasteiger partial charge in [-0.05, 0) is 24.1 Å². The van der Waals surface area contributed by atoms with E-state index in [-0.39, 0.29) is 11.1 Å². The number of hydrogen-bond acceptors (Lipinski definition) is 4. The largest absolute Gasteiger partial charge is 0.385 e. The highest BCUT2D eigenvalue weighted by molar-refractivity contribution is 5.99. The first-order valence-electron chi connectivity index (χ1n) is 5.91. The zero-order chi connectivity index (χ0) is 14.4. The summed E-state index contributed by atoms with van der Waals surface area (Å²) in [5.74, 6) is -0.911. The van der Waals surface area contributed by atoms with Crippen LogP contribution >= 0.6 is 0 Å². The van der Waals surface area contributed by atoms with Gasteiger partial charge in [-0.2, -0.15) is 0 Å². The fourth-order valence-electron chi connectivity index (χ4n) is 1.65. The Bertz CT molecular complexity index is 442. The highest BCUT2D eigenvalue weighted by atomic mass is 16.5. The van der Waals surface area contributed by atoms with E-state index in [9.17, 15) is 9.59 Å². The van der Waals surface area contributed by atoms with E-state index >= 15 is 0 Å². The lowest BCUT2D eigenvalue weighted by Gasteiger charge is -2.13. The number of amides is 2. The van der Waals surface area contributed by atoms with Crippen LogP contribution in [0.3, 0.4) is 0 Å². The summed E-state index contributed by atoms with van der Waals surface area (Å²) in [5.41, 5.74) is 11.6. The van der Waals surface area contributed by atoms with Crippen molar-refractivity contribution >= 4 is 17.5 Å². The van der Waals surface area contributed by atoms with Crippen molar-refractivity contribution in [3.8, 4) is 0 Å². The van der Waals surface area contributed by atoms with Crippen LogP contribution in [0, 0.1) is 5.92 Å². The maximum absolute atomic E-state index is 11.2. The number of methoxy groups -OCH3 is 1. The standard InChI is InChI=1S/C13H19N3O3/c1-8(7-19-2)6-16-11-4-9(12(14)17)3-10(5-11)13(15)18/h3-5,8,16H,6-7H2,1-2H3,(H2,14,17)(H2,15,18). The number of carbonyl (C=O) groups excluding carboxylic acids is 2. The topological polar surface area (TPSA) is 107 Å². The van der Waals surface area contributed by atoms with Crippen molar-refractivity contribution in [3.63, 3.8) is 0 Å². The van der Waals surface area contributed by atoms with E-state index < -0.39 is 11.8 Å². The summed E-state index contributed by atoms with van der Waals surface area (Å²) in [5, 5.41) is 3.12. The molecule has 0 saturated heterocycles. The van der Waals surface area contributed by atoms with Crippen LogP contribution in [0.15, 0.2) is 18.2 Å². The number of anilines is 1. The van der Waals surface area contributed by atoms with E-state index in [1.54, 1.807) is 19.2 Å². The van der Waals surface area contributed by atoms with Crippen LogP contribution in [0.5, 0.6) is 0 Å². The molecule has 0 radical (unpaired) electrons. The highest BCUT2D eigenvalue weighted by Crippen LogP contribution is 2.15. The second kappa shape index (κ2) is 6.75. The van der Waals surface area contributed by atoms with Gasteiger partial charge in [0, 0.05) is 30.5 Å². The molecule has 0 bridgehead atoms. The lowest BCUT2D eigenvalue weighted by Crippen LogP contribution is -2.19. The number of rotatable bonds is 7. The molecule has 0 saturated carbocycles. The molecule has 6 heteroatoms. The van der Waals surface area contributed by atoms with E-state index in [4.69, 9.17) is 16.2 Å². The minimum atomic E-state index is -0.601. The average molecular weight is 265 g/mol. The van der Waals surface area contributed by atoms with Crippen LogP contribution in [0.25, 0.3) is 0 Å². The monoisotopic (exact) mass is 265 g/mol. The summed E-state index contributed by atoms with van der Waals surface area (Å²) in [6.07, 6.45) is 0. The van der Waals surface area contributed by atoms with E-state index in [2.05, 4.69) is 5.32 Å². The fourth-order valence-corrected chi connectivity index (χ4v) is 1.65. The molecule has 104 valence electrons. The number of hydrogen-bond donors (Lipinski definition) is 3. The van der Waals surface area contributed by atoms with Gasteiger partial charge in [-0.1, -0.05) is 6.92 Å². The van der Waals surface area contributed by atoms with Crippen molar-refractivity contribution in [3.05, 3.63) is 29.3 Å². The van der Waals surface area contributed by atoms with Crippen LogP contribution in [0.4, 0.5) is 5.69 Å². The summed E-state index contributed by atoms with van der Waals surface area (Å²) in [4.78, 5) is 22.4. The number of carbonyl (C=O) groups is 2. The predicted molar refractivity (Wildman–Crippen MR) is 73.0 cm³/mol. The lowest BCUT2D eigenvalue weighted by molar-refractivity contribution is 0.0999. The first-order valence-corrected chi connectivity index (χ1v) is 5.91. The molecule has 1 aromatic rings. The van der Waals surface area contributed by atoms with Gasteiger partial charge in [0.25, 0.3) is 0 Å². The Kier molecular flexibility index (Phi) is 5.32. The molecular formula is C13H19N3O3. The summed E-state index contributed by atoms with van der Waals surface area (Å²) in [6, 6.07) is 4.57. The molecule has 0 heterocycles. The minimum absolute atomic E-state index is 0.248. The van der Waals surface area contributed by atoms with E-state index in [0.29, 0.717) is 24.8 Å². The fraction of sp³-hybridized carbons (Fsp3) is 0.385. The van der Waals surface area contributed by atoms with Gasteiger partial charge >= 0.3 is 0 Å². The van der Waals surface area contributed by atoms with Crippen LogP contribution in [0.2, 0.25) is 0 Å². The van der Waals surface area contributed by atoms with Gasteiger partial charge in [-0.3, -0.25) is 9.59 Å². The zero-order valence-corrected chi connectivity index (χ0v) is 11.1. The second-order valence-corrected chi connectivity index (χ2v) is 4.47. The Balaban J connectivity index is 2.87. The molecule has 5 N–H and O–H groups in total. The first kappa shape index (κ1) is 15.0. The van der Waals surface area contributed by atoms with Crippen LogP contribution < -0.4 is 16.8 Å². The summed E-state index contributed by atoms with van der Waals surface area (Å²) in [6.45, 7) is 3.28. The number of nitrogens with one attached hydrogen (secondary N) is 1. The van der Waals surface area contributed by atoms with Gasteiger partial charge < -0.3 is 21.5 Å². The van der Waals surface area contributed by atoms with Gasteiger partial charge in [0.1, 0.15) is 0 Å². The molecule has 0 aliphatic rings. The third kappa shape index (κ3) is 4.59. The average Bonchev–Trinajstić information content (AvgIpc) is 2.36. The molecule has 0 spiro atoms. The van der Waals surface area contributed by atoms with Gasteiger partial charge in [-0.25, -0.2) is 0 Å². The molecular weight excluding hydrogens is 246 g/mol. The molecule has 6 nitrogen and oxygen atoms in total. The molecule has 19 heavy (non-hydrogen) atoms. The summed E-state index contributed by atoms with van der Waals surface area (Å²) in [7, 11) is 1.63. The van der Waals surface area contributed by atoms with Crippen molar-refractivity contribution in [1.82, 2.24) is 0 Å². The van der Waals surface area contributed by atoms with Crippen molar-refractivity contribution in [2.75, 3.05) is 25.6 Å². The third-order valence-electron chi connectivity index (χ3n) is 2.61. The first-order chi connectivity index (χ1) is 8.93. The van der Waals surface area contributed by atoms with Crippen molar-refractivity contribution in [2.45, 2.75) is 6.92 Å². The van der Waals surface area contributed by atoms with E-state index in [0.717, 1.165) is 0 Å². The van der Waals surface area contributed by atoms with Gasteiger partial charge in [-0.15, -0.1) is 0 Å². The van der Waals surface area contributed by atoms with E-state index in [1.165, 1.54) is 6.07 Å². The number of benzene rings is 1.